The van der Waals surface area contributed by atoms with E-state index in [-0.39, 0.29) is 0 Å². The predicted octanol–water partition coefficient (Wildman–Crippen LogP) is 2.86. The number of methoxy groups -OCH3 is 1. The predicted molar refractivity (Wildman–Crippen MR) is 61.0 cm³/mol. The van der Waals surface area contributed by atoms with E-state index in [9.17, 15) is 0 Å². The average Bonchev–Trinajstić information content (AvgIpc) is 2.61. The van der Waals surface area contributed by atoms with Gasteiger partial charge in [-0.3, -0.25) is 0 Å². The zero-order valence-corrected chi connectivity index (χ0v) is 9.27. The number of hydrogen-bond donors (Lipinski definition) is 0. The van der Waals surface area contributed by atoms with Gasteiger partial charge in [-0.15, -0.1) is 9.24 Å². The molecule has 2 rings (SSSR count). The third-order valence-corrected chi connectivity index (χ3v) is 2.57. The highest BCUT2D eigenvalue weighted by molar-refractivity contribution is 7.16. The first-order valence-electron chi connectivity index (χ1n) is 4.59. The standard InChI is InChI=1S/C11H13O2P/c1-12-9-2-3-10-8(4-5-14)7-13-11(10)6-9/h2-3,6-7H,4-5,14H2,1H3. The lowest BCUT2D eigenvalue weighted by atomic mass is 10.1. The zero-order chi connectivity index (χ0) is 9.97. The van der Waals surface area contributed by atoms with Crippen LogP contribution in [0.25, 0.3) is 11.0 Å². The molecule has 0 amide bonds. The Morgan fingerprint density at radius 3 is 3.00 bits per heavy atom. The molecular weight excluding hydrogens is 195 g/mol. The van der Waals surface area contributed by atoms with E-state index in [0.29, 0.717) is 0 Å². The van der Waals surface area contributed by atoms with Crippen molar-refractivity contribution in [2.45, 2.75) is 6.42 Å². The molecular formula is C11H13O2P. The van der Waals surface area contributed by atoms with Crippen molar-refractivity contribution in [2.75, 3.05) is 13.3 Å². The minimum Gasteiger partial charge on any atom is -0.497 e. The summed E-state index contributed by atoms with van der Waals surface area (Å²) in [5.41, 5.74) is 2.16. The first-order chi connectivity index (χ1) is 6.85. The summed E-state index contributed by atoms with van der Waals surface area (Å²) in [7, 11) is 4.38. The Kier molecular flexibility index (Phi) is 2.74. The molecule has 3 heteroatoms. The largest absolute Gasteiger partial charge is 0.497 e. The molecule has 1 aromatic carbocycles. The van der Waals surface area contributed by atoms with Crippen LogP contribution in [0.2, 0.25) is 0 Å². The van der Waals surface area contributed by atoms with E-state index >= 15 is 0 Å². The molecule has 0 bridgehead atoms. The van der Waals surface area contributed by atoms with Gasteiger partial charge in [0, 0.05) is 11.5 Å². The summed E-state index contributed by atoms with van der Waals surface area (Å²) in [6.45, 7) is 0. The minimum absolute atomic E-state index is 0.837. The molecule has 0 fully saturated rings. The maximum Gasteiger partial charge on any atom is 0.137 e. The van der Waals surface area contributed by atoms with Crippen molar-refractivity contribution in [3.8, 4) is 5.75 Å². The van der Waals surface area contributed by atoms with E-state index in [1.54, 1.807) is 7.11 Å². The van der Waals surface area contributed by atoms with Crippen LogP contribution in [-0.2, 0) is 6.42 Å². The first kappa shape index (κ1) is 9.54. The molecule has 1 aromatic heterocycles. The number of ether oxygens (including phenoxy) is 1. The lowest BCUT2D eigenvalue weighted by molar-refractivity contribution is 0.414. The quantitative estimate of drug-likeness (QED) is 0.723. The lowest BCUT2D eigenvalue weighted by Crippen LogP contribution is -1.84. The third kappa shape index (κ3) is 1.62. The van der Waals surface area contributed by atoms with E-state index < -0.39 is 0 Å². The van der Waals surface area contributed by atoms with Crippen molar-refractivity contribution >= 4 is 20.2 Å². The van der Waals surface area contributed by atoms with Crippen LogP contribution in [-0.4, -0.2) is 13.3 Å². The fourth-order valence-electron chi connectivity index (χ4n) is 1.54. The Morgan fingerprint density at radius 2 is 2.29 bits per heavy atom. The first-order valence-corrected chi connectivity index (χ1v) is 5.41. The van der Waals surface area contributed by atoms with Crippen molar-refractivity contribution in [3.63, 3.8) is 0 Å². The van der Waals surface area contributed by atoms with Gasteiger partial charge in [-0.05, 0) is 30.3 Å². The van der Waals surface area contributed by atoms with E-state index in [0.717, 1.165) is 23.9 Å². The molecule has 74 valence electrons. The Labute approximate surface area is 85.4 Å². The maximum absolute atomic E-state index is 5.45. The van der Waals surface area contributed by atoms with Crippen LogP contribution in [0.1, 0.15) is 5.56 Å². The molecule has 1 unspecified atom stereocenters. The molecule has 0 radical (unpaired) electrons. The maximum atomic E-state index is 5.45. The Balaban J connectivity index is 2.48. The smallest absolute Gasteiger partial charge is 0.137 e. The fraction of sp³-hybridized carbons (Fsp3) is 0.273. The van der Waals surface area contributed by atoms with Gasteiger partial charge in [0.15, 0.2) is 0 Å². The molecule has 0 aliphatic rings. The molecule has 0 saturated heterocycles. The van der Waals surface area contributed by atoms with Gasteiger partial charge in [0.05, 0.1) is 13.4 Å². The summed E-state index contributed by atoms with van der Waals surface area (Å²) in [6.07, 6.45) is 3.92. The van der Waals surface area contributed by atoms with Crippen molar-refractivity contribution < 1.29 is 9.15 Å². The van der Waals surface area contributed by atoms with Crippen LogP contribution in [0.5, 0.6) is 5.75 Å². The SMILES string of the molecule is COc1ccc2c(CCP)coc2c1. The molecule has 1 atom stereocenters. The highest BCUT2D eigenvalue weighted by Gasteiger charge is 2.05. The number of fused-ring (bicyclic) bond motifs is 1. The van der Waals surface area contributed by atoms with Crippen LogP contribution < -0.4 is 4.74 Å². The van der Waals surface area contributed by atoms with E-state index in [2.05, 4.69) is 9.24 Å². The van der Waals surface area contributed by atoms with Gasteiger partial charge >= 0.3 is 0 Å². The highest BCUT2D eigenvalue weighted by Crippen LogP contribution is 2.25. The molecule has 0 saturated carbocycles. The zero-order valence-electron chi connectivity index (χ0n) is 8.12. The summed E-state index contributed by atoms with van der Waals surface area (Å²) in [4.78, 5) is 0. The van der Waals surface area contributed by atoms with Gasteiger partial charge in [0.2, 0.25) is 0 Å². The second-order valence-corrected chi connectivity index (χ2v) is 3.74. The van der Waals surface area contributed by atoms with Gasteiger partial charge in [0.25, 0.3) is 0 Å². The van der Waals surface area contributed by atoms with Gasteiger partial charge in [0.1, 0.15) is 11.3 Å². The van der Waals surface area contributed by atoms with Crippen molar-refractivity contribution in [3.05, 3.63) is 30.0 Å². The van der Waals surface area contributed by atoms with Gasteiger partial charge in [-0.2, -0.15) is 0 Å². The monoisotopic (exact) mass is 208 g/mol. The van der Waals surface area contributed by atoms with Crippen LogP contribution in [0, 0.1) is 0 Å². The highest BCUT2D eigenvalue weighted by atomic mass is 31.0. The summed E-state index contributed by atoms with van der Waals surface area (Å²) < 4.78 is 10.6. The number of furan rings is 1. The molecule has 1 heterocycles. The molecule has 0 aliphatic heterocycles. The normalized spacial score (nSPS) is 10.7. The van der Waals surface area contributed by atoms with E-state index in [1.807, 2.05) is 24.5 Å². The van der Waals surface area contributed by atoms with Crippen molar-refractivity contribution in [1.82, 2.24) is 0 Å². The Hall–Kier alpha value is -1.01. The van der Waals surface area contributed by atoms with Gasteiger partial charge < -0.3 is 9.15 Å². The Morgan fingerprint density at radius 1 is 1.43 bits per heavy atom. The van der Waals surface area contributed by atoms with Crippen LogP contribution in [0.3, 0.4) is 0 Å². The second-order valence-electron chi connectivity index (χ2n) is 3.16. The molecule has 2 aromatic rings. The van der Waals surface area contributed by atoms with Crippen LogP contribution in [0.4, 0.5) is 0 Å². The third-order valence-electron chi connectivity index (χ3n) is 2.28. The summed E-state index contributed by atoms with van der Waals surface area (Å²) >= 11 is 0. The average molecular weight is 208 g/mol. The molecule has 0 spiro atoms. The fourth-order valence-corrected chi connectivity index (χ4v) is 1.85. The number of rotatable bonds is 3. The van der Waals surface area contributed by atoms with Crippen LogP contribution >= 0.6 is 9.24 Å². The van der Waals surface area contributed by atoms with Crippen molar-refractivity contribution in [1.29, 1.82) is 0 Å². The summed E-state index contributed by atoms with van der Waals surface area (Å²) in [6, 6.07) is 5.93. The number of aryl methyl sites for hydroxylation is 1. The molecule has 14 heavy (non-hydrogen) atoms. The topological polar surface area (TPSA) is 22.4 Å². The number of benzene rings is 1. The van der Waals surface area contributed by atoms with Gasteiger partial charge in [-0.25, -0.2) is 0 Å². The summed E-state index contributed by atoms with van der Waals surface area (Å²) in [5.74, 6) is 0.837. The lowest BCUT2D eigenvalue weighted by Gasteiger charge is -1.98. The summed E-state index contributed by atoms with van der Waals surface area (Å²) in [5, 5.41) is 1.19. The van der Waals surface area contributed by atoms with Crippen LogP contribution in [0.15, 0.2) is 28.9 Å². The molecule has 0 N–H and O–H groups in total. The van der Waals surface area contributed by atoms with E-state index in [1.165, 1.54) is 10.9 Å². The van der Waals surface area contributed by atoms with Gasteiger partial charge in [-0.1, -0.05) is 0 Å². The number of hydrogen-bond acceptors (Lipinski definition) is 2. The Bertz CT molecular complexity index is 434. The molecule has 2 nitrogen and oxygen atoms in total. The minimum atomic E-state index is 0.837. The second kappa shape index (κ2) is 4.02. The van der Waals surface area contributed by atoms with E-state index in [4.69, 9.17) is 9.15 Å². The van der Waals surface area contributed by atoms with Crippen molar-refractivity contribution in [2.24, 2.45) is 0 Å². The molecule has 0 aliphatic carbocycles.